The first-order valence-electron chi connectivity index (χ1n) is 11.1. The van der Waals surface area contributed by atoms with Crippen LogP contribution in [-0.4, -0.2) is 58.0 Å². The molecule has 0 spiro atoms. The molecular weight excluding hydrogens is 478 g/mol. The molecule has 2 amide bonds. The van der Waals surface area contributed by atoms with Crippen molar-refractivity contribution < 1.29 is 22.7 Å². The zero-order chi connectivity index (χ0) is 25.1. The Morgan fingerprint density at radius 3 is 2.26 bits per heavy atom. The molecule has 0 saturated carbocycles. The summed E-state index contributed by atoms with van der Waals surface area (Å²) in [6, 6.07) is 12.9. The minimum absolute atomic E-state index is 0.169. The molecule has 0 aromatic heterocycles. The van der Waals surface area contributed by atoms with E-state index in [1.165, 1.54) is 17.0 Å². The highest BCUT2D eigenvalue weighted by molar-refractivity contribution is 7.89. The summed E-state index contributed by atoms with van der Waals surface area (Å²) >= 11 is 5.97. The van der Waals surface area contributed by atoms with Gasteiger partial charge in [-0.05, 0) is 48.7 Å². The first kappa shape index (κ1) is 27.8. The van der Waals surface area contributed by atoms with Crippen molar-refractivity contribution in [1.82, 2.24) is 14.9 Å². The van der Waals surface area contributed by atoms with E-state index in [4.69, 9.17) is 16.3 Å². The molecule has 2 N–H and O–H groups in total. The third-order valence-corrected chi connectivity index (χ3v) is 7.05. The van der Waals surface area contributed by atoms with E-state index < -0.39 is 16.1 Å². The lowest BCUT2D eigenvalue weighted by molar-refractivity contribution is -0.140. The second kappa shape index (κ2) is 13.4. The Balaban J connectivity index is 2.10. The number of hydrogen-bond donors (Lipinski definition) is 2. The van der Waals surface area contributed by atoms with Gasteiger partial charge in [-0.15, -0.1) is 0 Å². The average molecular weight is 510 g/mol. The molecule has 0 aliphatic carbocycles. The van der Waals surface area contributed by atoms with Crippen LogP contribution < -0.4 is 10.0 Å². The molecule has 10 heteroatoms. The van der Waals surface area contributed by atoms with Crippen molar-refractivity contribution in [2.75, 3.05) is 26.8 Å². The van der Waals surface area contributed by atoms with Gasteiger partial charge in [-0.2, -0.15) is 0 Å². The van der Waals surface area contributed by atoms with Gasteiger partial charge in [0.2, 0.25) is 21.8 Å². The zero-order valence-corrected chi connectivity index (χ0v) is 21.3. The van der Waals surface area contributed by atoms with Gasteiger partial charge < -0.3 is 15.0 Å². The van der Waals surface area contributed by atoms with E-state index in [9.17, 15) is 18.0 Å². The monoisotopic (exact) mass is 509 g/mol. The summed E-state index contributed by atoms with van der Waals surface area (Å²) in [5.41, 5.74) is 1.68. The maximum Gasteiger partial charge on any atom is 0.242 e. The van der Waals surface area contributed by atoms with Crippen LogP contribution in [0.4, 0.5) is 0 Å². The number of sulfonamides is 1. The van der Waals surface area contributed by atoms with E-state index in [0.717, 1.165) is 11.1 Å². The normalized spacial score (nSPS) is 12.2. The number of methoxy groups -OCH3 is 1. The van der Waals surface area contributed by atoms with Gasteiger partial charge >= 0.3 is 0 Å². The fraction of sp³-hybridized carbons (Fsp3) is 0.417. The van der Waals surface area contributed by atoms with Gasteiger partial charge in [-0.1, -0.05) is 42.8 Å². The predicted octanol–water partition coefficient (Wildman–Crippen LogP) is 2.75. The van der Waals surface area contributed by atoms with Crippen molar-refractivity contribution in [2.24, 2.45) is 0 Å². The smallest absolute Gasteiger partial charge is 0.242 e. The van der Waals surface area contributed by atoms with Crippen LogP contribution in [0.25, 0.3) is 0 Å². The molecule has 186 valence electrons. The standard InChI is InChI=1S/C24H32ClN3O5S/c1-4-27-34(31,32)22-12-7-19(8-13-22)9-14-23(29)28(17-20-5-10-21(25)11-6-20)18(2)24(30)26-15-16-33-3/h5-8,10-13,18,27H,4,9,14-17H2,1-3H3,(H,26,30). The van der Waals surface area contributed by atoms with Gasteiger partial charge in [0.15, 0.2) is 0 Å². The van der Waals surface area contributed by atoms with E-state index >= 15 is 0 Å². The van der Waals surface area contributed by atoms with Gasteiger partial charge in [0.05, 0.1) is 11.5 Å². The summed E-state index contributed by atoms with van der Waals surface area (Å²) < 4.78 is 31.6. The number of hydrogen-bond acceptors (Lipinski definition) is 5. The molecule has 0 saturated heterocycles. The number of rotatable bonds is 13. The van der Waals surface area contributed by atoms with E-state index in [0.29, 0.717) is 31.1 Å². The first-order chi connectivity index (χ1) is 16.2. The Morgan fingerprint density at radius 2 is 1.68 bits per heavy atom. The zero-order valence-electron chi connectivity index (χ0n) is 19.7. The van der Waals surface area contributed by atoms with Crippen LogP contribution in [-0.2, 0) is 37.3 Å². The summed E-state index contributed by atoms with van der Waals surface area (Å²) in [6.07, 6.45) is 0.581. The Kier molecular flexibility index (Phi) is 11.0. The molecule has 0 aliphatic rings. The van der Waals surface area contributed by atoms with Crippen LogP contribution >= 0.6 is 11.6 Å². The first-order valence-corrected chi connectivity index (χ1v) is 12.9. The molecule has 1 unspecified atom stereocenters. The predicted molar refractivity (Wildman–Crippen MR) is 132 cm³/mol. The van der Waals surface area contributed by atoms with Crippen LogP contribution in [0.2, 0.25) is 5.02 Å². The van der Waals surface area contributed by atoms with Gasteiger partial charge in [0, 0.05) is 38.2 Å². The molecule has 8 nitrogen and oxygen atoms in total. The summed E-state index contributed by atoms with van der Waals surface area (Å²) in [4.78, 5) is 27.5. The van der Waals surface area contributed by atoms with Gasteiger partial charge in [-0.25, -0.2) is 13.1 Å². The van der Waals surface area contributed by atoms with Crippen molar-refractivity contribution >= 4 is 33.4 Å². The summed E-state index contributed by atoms with van der Waals surface area (Å²) in [5.74, 6) is -0.453. The molecule has 2 aromatic rings. The molecule has 1 atom stereocenters. The SMILES string of the molecule is CCNS(=O)(=O)c1ccc(CCC(=O)N(Cc2ccc(Cl)cc2)C(C)C(=O)NCCOC)cc1. The van der Waals surface area contributed by atoms with E-state index in [1.807, 2.05) is 12.1 Å². The fourth-order valence-electron chi connectivity index (χ4n) is 3.30. The lowest BCUT2D eigenvalue weighted by atomic mass is 10.1. The van der Waals surface area contributed by atoms with Crippen LogP contribution in [0.3, 0.4) is 0 Å². The third kappa shape index (κ3) is 8.39. The maximum atomic E-state index is 13.2. The molecule has 0 radical (unpaired) electrons. The fourth-order valence-corrected chi connectivity index (χ4v) is 4.46. The molecule has 0 aliphatic heterocycles. The average Bonchev–Trinajstić information content (AvgIpc) is 2.82. The second-order valence-corrected chi connectivity index (χ2v) is 9.96. The molecule has 0 bridgehead atoms. The highest BCUT2D eigenvalue weighted by Gasteiger charge is 2.26. The number of nitrogens with one attached hydrogen (secondary N) is 2. The Labute approximate surface area is 206 Å². The van der Waals surface area contributed by atoms with E-state index in [2.05, 4.69) is 10.0 Å². The number of halogens is 1. The van der Waals surface area contributed by atoms with Crippen LogP contribution in [0.5, 0.6) is 0 Å². The highest BCUT2D eigenvalue weighted by Crippen LogP contribution is 2.16. The number of aryl methyl sites for hydroxylation is 1. The molecule has 2 rings (SSSR count). The van der Waals surface area contributed by atoms with Gasteiger partial charge in [0.25, 0.3) is 0 Å². The Morgan fingerprint density at radius 1 is 1.06 bits per heavy atom. The number of carbonyl (C=O) groups is 2. The Hall–Kier alpha value is -2.46. The lowest BCUT2D eigenvalue weighted by Gasteiger charge is -2.29. The Bertz CT molecular complexity index is 1040. The number of benzene rings is 2. The number of amides is 2. The van der Waals surface area contributed by atoms with Crippen molar-refractivity contribution in [2.45, 2.75) is 44.2 Å². The van der Waals surface area contributed by atoms with Crippen LogP contribution in [0.1, 0.15) is 31.4 Å². The minimum atomic E-state index is -3.53. The molecule has 0 fully saturated rings. The van der Waals surface area contributed by atoms with E-state index in [-0.39, 0.29) is 29.7 Å². The molecule has 0 heterocycles. The topological polar surface area (TPSA) is 105 Å². The van der Waals surface area contributed by atoms with Crippen molar-refractivity contribution in [3.63, 3.8) is 0 Å². The van der Waals surface area contributed by atoms with E-state index in [1.54, 1.807) is 45.2 Å². The molecule has 2 aromatic carbocycles. The maximum absolute atomic E-state index is 13.2. The lowest BCUT2D eigenvalue weighted by Crippen LogP contribution is -2.48. The number of ether oxygens (including phenoxy) is 1. The van der Waals surface area contributed by atoms with Crippen LogP contribution in [0.15, 0.2) is 53.4 Å². The van der Waals surface area contributed by atoms with Crippen molar-refractivity contribution in [3.8, 4) is 0 Å². The van der Waals surface area contributed by atoms with Gasteiger partial charge in [0.1, 0.15) is 6.04 Å². The highest BCUT2D eigenvalue weighted by atomic mass is 35.5. The molecular formula is C24H32ClN3O5S. The quantitative estimate of drug-likeness (QED) is 0.404. The second-order valence-electron chi connectivity index (χ2n) is 7.75. The summed E-state index contributed by atoms with van der Waals surface area (Å²) in [7, 11) is -1.98. The minimum Gasteiger partial charge on any atom is -0.383 e. The number of nitrogens with zero attached hydrogens (tertiary/aromatic N) is 1. The van der Waals surface area contributed by atoms with Crippen molar-refractivity contribution in [1.29, 1.82) is 0 Å². The van der Waals surface area contributed by atoms with Gasteiger partial charge in [-0.3, -0.25) is 9.59 Å². The number of carbonyl (C=O) groups excluding carboxylic acids is 2. The van der Waals surface area contributed by atoms with Crippen molar-refractivity contribution in [3.05, 3.63) is 64.7 Å². The largest absolute Gasteiger partial charge is 0.383 e. The summed E-state index contributed by atoms with van der Waals surface area (Å²) in [6.45, 7) is 4.70. The summed E-state index contributed by atoms with van der Waals surface area (Å²) in [5, 5.41) is 3.37. The molecule has 34 heavy (non-hydrogen) atoms. The van der Waals surface area contributed by atoms with Crippen LogP contribution in [0, 0.1) is 0 Å². The third-order valence-electron chi connectivity index (χ3n) is 5.23.